The highest BCUT2D eigenvalue weighted by molar-refractivity contribution is 7.09. The van der Waals surface area contributed by atoms with Crippen LogP contribution in [-0.4, -0.2) is 17.4 Å². The molecular weight excluding hydrogens is 258 g/mol. The highest BCUT2D eigenvalue weighted by atomic mass is 32.1. The molecule has 1 amide bonds. The first-order valence-electron chi connectivity index (χ1n) is 6.21. The topological polar surface area (TPSA) is 54.0 Å². The lowest BCUT2D eigenvalue weighted by molar-refractivity contribution is 0.0951. The van der Waals surface area contributed by atoms with Crippen LogP contribution >= 0.6 is 11.3 Å². The SMILES string of the molecule is CCNc1cc(C)ncc1C(=O)NCc1cccs1. The third-order valence-corrected chi connectivity index (χ3v) is 3.53. The Morgan fingerprint density at radius 3 is 3.00 bits per heavy atom. The first kappa shape index (κ1) is 13.5. The number of rotatable bonds is 5. The minimum Gasteiger partial charge on any atom is -0.385 e. The van der Waals surface area contributed by atoms with Gasteiger partial charge in [0.2, 0.25) is 0 Å². The molecule has 0 aliphatic carbocycles. The molecule has 0 saturated carbocycles. The van der Waals surface area contributed by atoms with Gasteiger partial charge in [-0.2, -0.15) is 0 Å². The number of carbonyl (C=O) groups excluding carboxylic acids is 1. The predicted molar refractivity (Wildman–Crippen MR) is 78.6 cm³/mol. The first-order valence-corrected chi connectivity index (χ1v) is 7.09. The molecule has 2 aromatic heterocycles. The average Bonchev–Trinajstić information content (AvgIpc) is 2.90. The van der Waals surface area contributed by atoms with Crippen molar-refractivity contribution in [2.45, 2.75) is 20.4 Å². The minimum absolute atomic E-state index is 0.100. The fourth-order valence-corrected chi connectivity index (χ4v) is 2.40. The molecule has 0 fully saturated rings. The van der Waals surface area contributed by atoms with E-state index in [0.717, 1.165) is 22.8 Å². The van der Waals surface area contributed by atoms with Crippen LogP contribution < -0.4 is 10.6 Å². The van der Waals surface area contributed by atoms with Crippen LogP contribution in [-0.2, 0) is 6.54 Å². The number of aryl methyl sites for hydroxylation is 1. The van der Waals surface area contributed by atoms with Gasteiger partial charge < -0.3 is 10.6 Å². The van der Waals surface area contributed by atoms with E-state index in [0.29, 0.717) is 12.1 Å². The Hall–Kier alpha value is -1.88. The number of thiophene rings is 1. The maximum absolute atomic E-state index is 12.2. The second kappa shape index (κ2) is 6.33. The van der Waals surface area contributed by atoms with Gasteiger partial charge in [0.1, 0.15) is 0 Å². The lowest BCUT2D eigenvalue weighted by atomic mass is 10.2. The fraction of sp³-hybridized carbons (Fsp3) is 0.286. The zero-order valence-corrected chi connectivity index (χ0v) is 11.9. The Kier molecular flexibility index (Phi) is 4.52. The van der Waals surface area contributed by atoms with Crippen LogP contribution in [0.3, 0.4) is 0 Å². The average molecular weight is 275 g/mol. The van der Waals surface area contributed by atoms with Crippen molar-refractivity contribution in [3.63, 3.8) is 0 Å². The van der Waals surface area contributed by atoms with E-state index in [2.05, 4.69) is 15.6 Å². The van der Waals surface area contributed by atoms with Gasteiger partial charge in [-0.3, -0.25) is 9.78 Å². The van der Waals surface area contributed by atoms with Crippen LogP contribution in [0.5, 0.6) is 0 Å². The molecule has 0 spiro atoms. The molecule has 0 bridgehead atoms. The Balaban J connectivity index is 2.09. The van der Waals surface area contributed by atoms with Gasteiger partial charge in [-0.15, -0.1) is 11.3 Å². The number of anilines is 1. The van der Waals surface area contributed by atoms with Crippen molar-refractivity contribution < 1.29 is 4.79 Å². The molecule has 2 rings (SSSR count). The standard InChI is InChI=1S/C14H17N3OS/c1-3-15-13-7-10(2)16-9-12(13)14(18)17-8-11-5-4-6-19-11/h4-7,9H,3,8H2,1-2H3,(H,15,16)(H,17,18). The monoisotopic (exact) mass is 275 g/mol. The van der Waals surface area contributed by atoms with Crippen LogP contribution in [0.1, 0.15) is 27.9 Å². The molecule has 2 aromatic rings. The maximum atomic E-state index is 12.2. The van der Waals surface area contributed by atoms with E-state index < -0.39 is 0 Å². The zero-order chi connectivity index (χ0) is 13.7. The van der Waals surface area contributed by atoms with Crippen LogP contribution in [0, 0.1) is 6.92 Å². The van der Waals surface area contributed by atoms with Gasteiger partial charge in [0.15, 0.2) is 0 Å². The highest BCUT2D eigenvalue weighted by Crippen LogP contribution is 2.16. The summed E-state index contributed by atoms with van der Waals surface area (Å²) in [5, 5.41) is 8.10. The molecule has 2 heterocycles. The van der Waals surface area contributed by atoms with Gasteiger partial charge in [0.25, 0.3) is 5.91 Å². The molecular formula is C14H17N3OS. The molecule has 0 aromatic carbocycles. The third-order valence-electron chi connectivity index (χ3n) is 2.66. The smallest absolute Gasteiger partial charge is 0.255 e. The number of aromatic nitrogens is 1. The van der Waals surface area contributed by atoms with Crippen molar-refractivity contribution in [1.29, 1.82) is 0 Å². The fourth-order valence-electron chi connectivity index (χ4n) is 1.75. The quantitative estimate of drug-likeness (QED) is 0.882. The molecule has 0 saturated heterocycles. The lowest BCUT2D eigenvalue weighted by Crippen LogP contribution is -2.24. The largest absolute Gasteiger partial charge is 0.385 e. The van der Waals surface area contributed by atoms with E-state index in [1.54, 1.807) is 17.5 Å². The number of hydrogen-bond acceptors (Lipinski definition) is 4. The van der Waals surface area contributed by atoms with Crippen molar-refractivity contribution in [2.24, 2.45) is 0 Å². The summed E-state index contributed by atoms with van der Waals surface area (Å²) in [4.78, 5) is 17.5. The second-order valence-electron chi connectivity index (χ2n) is 4.16. The van der Waals surface area contributed by atoms with E-state index in [1.807, 2.05) is 37.4 Å². The number of hydrogen-bond donors (Lipinski definition) is 2. The summed E-state index contributed by atoms with van der Waals surface area (Å²) in [7, 11) is 0. The van der Waals surface area contributed by atoms with Crippen molar-refractivity contribution >= 4 is 22.9 Å². The summed E-state index contributed by atoms with van der Waals surface area (Å²) in [6.07, 6.45) is 1.62. The molecule has 100 valence electrons. The molecule has 0 radical (unpaired) electrons. The molecule has 19 heavy (non-hydrogen) atoms. The van der Waals surface area contributed by atoms with Crippen LogP contribution in [0.4, 0.5) is 5.69 Å². The summed E-state index contributed by atoms with van der Waals surface area (Å²) < 4.78 is 0. The van der Waals surface area contributed by atoms with Crippen LogP contribution in [0.2, 0.25) is 0 Å². The maximum Gasteiger partial charge on any atom is 0.255 e. The van der Waals surface area contributed by atoms with Gasteiger partial charge in [0, 0.05) is 23.3 Å². The Morgan fingerprint density at radius 2 is 2.32 bits per heavy atom. The molecule has 0 aliphatic rings. The van der Waals surface area contributed by atoms with Gasteiger partial charge in [0.05, 0.1) is 17.8 Å². The normalized spacial score (nSPS) is 10.2. The van der Waals surface area contributed by atoms with E-state index in [-0.39, 0.29) is 5.91 Å². The number of pyridine rings is 1. The number of nitrogens with one attached hydrogen (secondary N) is 2. The van der Waals surface area contributed by atoms with Crippen molar-refractivity contribution in [1.82, 2.24) is 10.3 Å². The Morgan fingerprint density at radius 1 is 1.47 bits per heavy atom. The van der Waals surface area contributed by atoms with Crippen molar-refractivity contribution in [3.8, 4) is 0 Å². The molecule has 0 aliphatic heterocycles. The van der Waals surface area contributed by atoms with Crippen molar-refractivity contribution in [3.05, 3.63) is 45.9 Å². The Bertz CT molecular complexity index is 552. The summed E-state index contributed by atoms with van der Waals surface area (Å²) in [5.74, 6) is -0.100. The highest BCUT2D eigenvalue weighted by Gasteiger charge is 2.11. The summed E-state index contributed by atoms with van der Waals surface area (Å²) in [5.41, 5.74) is 2.31. The van der Waals surface area contributed by atoms with E-state index >= 15 is 0 Å². The van der Waals surface area contributed by atoms with Gasteiger partial charge in [-0.25, -0.2) is 0 Å². The van der Waals surface area contributed by atoms with E-state index in [1.165, 1.54) is 0 Å². The third kappa shape index (κ3) is 3.54. The minimum atomic E-state index is -0.100. The molecule has 0 unspecified atom stereocenters. The molecule has 5 heteroatoms. The lowest BCUT2D eigenvalue weighted by Gasteiger charge is -2.11. The van der Waals surface area contributed by atoms with Gasteiger partial charge in [-0.05, 0) is 31.4 Å². The number of nitrogens with zero attached hydrogens (tertiary/aromatic N) is 1. The van der Waals surface area contributed by atoms with E-state index in [4.69, 9.17) is 0 Å². The van der Waals surface area contributed by atoms with Gasteiger partial charge >= 0.3 is 0 Å². The molecule has 2 N–H and O–H groups in total. The summed E-state index contributed by atoms with van der Waals surface area (Å²) >= 11 is 1.63. The predicted octanol–water partition coefficient (Wildman–Crippen LogP) is 2.81. The number of carbonyl (C=O) groups is 1. The summed E-state index contributed by atoms with van der Waals surface area (Å²) in [6.45, 7) is 5.24. The van der Waals surface area contributed by atoms with E-state index in [9.17, 15) is 4.79 Å². The first-order chi connectivity index (χ1) is 9.20. The zero-order valence-electron chi connectivity index (χ0n) is 11.1. The van der Waals surface area contributed by atoms with Gasteiger partial charge in [-0.1, -0.05) is 6.07 Å². The summed E-state index contributed by atoms with van der Waals surface area (Å²) in [6, 6.07) is 5.87. The molecule has 4 nitrogen and oxygen atoms in total. The molecule has 0 atom stereocenters. The number of amides is 1. The van der Waals surface area contributed by atoms with Crippen molar-refractivity contribution in [2.75, 3.05) is 11.9 Å². The van der Waals surface area contributed by atoms with Crippen LogP contribution in [0.25, 0.3) is 0 Å². The van der Waals surface area contributed by atoms with Crippen LogP contribution in [0.15, 0.2) is 29.8 Å². The second-order valence-corrected chi connectivity index (χ2v) is 5.20. The Labute approximate surface area is 116 Å².